The summed E-state index contributed by atoms with van der Waals surface area (Å²) in [5.74, 6) is -0.193. The summed E-state index contributed by atoms with van der Waals surface area (Å²) in [5.41, 5.74) is 0.0406. The zero-order valence-electron chi connectivity index (χ0n) is 10.5. The van der Waals surface area contributed by atoms with E-state index in [9.17, 15) is 19.7 Å². The van der Waals surface area contributed by atoms with E-state index in [0.29, 0.717) is 0 Å². The second-order valence-electron chi connectivity index (χ2n) is 4.23. The van der Waals surface area contributed by atoms with E-state index in [2.05, 4.69) is 10.3 Å². The molecular formula is C12H11N3O4S. The molecule has 0 spiro atoms. The fraction of sp³-hybridized carbons (Fsp3) is 0.250. The molecule has 0 saturated carbocycles. The van der Waals surface area contributed by atoms with Crippen LogP contribution in [0.15, 0.2) is 29.3 Å². The van der Waals surface area contributed by atoms with E-state index in [4.69, 9.17) is 0 Å². The van der Waals surface area contributed by atoms with E-state index < -0.39 is 10.0 Å². The fourth-order valence-electron chi connectivity index (χ4n) is 1.66. The molecule has 7 nitrogen and oxygen atoms in total. The molecule has 1 atom stereocenters. The molecule has 2 rings (SSSR count). The van der Waals surface area contributed by atoms with Gasteiger partial charge in [-0.2, -0.15) is 0 Å². The van der Waals surface area contributed by atoms with Gasteiger partial charge >= 0.3 is 0 Å². The lowest BCUT2D eigenvalue weighted by molar-refractivity contribution is -0.384. The molecule has 20 heavy (non-hydrogen) atoms. The highest BCUT2D eigenvalue weighted by atomic mass is 32.2. The first-order valence-corrected chi connectivity index (χ1v) is 6.61. The van der Waals surface area contributed by atoms with Gasteiger partial charge in [-0.3, -0.25) is 24.7 Å². The zero-order chi connectivity index (χ0) is 14.7. The summed E-state index contributed by atoms with van der Waals surface area (Å²) in [6, 6.07) is 5.25. The molecule has 0 aromatic heterocycles. The van der Waals surface area contributed by atoms with E-state index in [-0.39, 0.29) is 34.8 Å². The third-order valence-electron chi connectivity index (χ3n) is 2.55. The monoisotopic (exact) mass is 293 g/mol. The molecule has 0 unspecified atom stereocenters. The molecule has 1 heterocycles. The minimum Gasteiger partial charge on any atom is -0.305 e. The number of aliphatic imine (C=N–C) groups is 1. The summed E-state index contributed by atoms with van der Waals surface area (Å²) >= 11 is 0.758. The van der Waals surface area contributed by atoms with Crippen molar-refractivity contribution >= 4 is 33.6 Å². The van der Waals surface area contributed by atoms with Gasteiger partial charge in [0.1, 0.15) is 0 Å². The first-order valence-electron chi connectivity index (χ1n) is 5.80. The average molecular weight is 293 g/mol. The van der Waals surface area contributed by atoms with Crippen LogP contribution in [0.1, 0.15) is 23.7 Å². The van der Waals surface area contributed by atoms with E-state index in [1.807, 2.05) is 0 Å². The van der Waals surface area contributed by atoms with Crippen LogP contribution in [-0.2, 0) is 4.79 Å². The van der Waals surface area contributed by atoms with Crippen molar-refractivity contribution in [1.29, 1.82) is 0 Å². The number of rotatable bonds is 2. The second kappa shape index (κ2) is 5.83. The van der Waals surface area contributed by atoms with Crippen molar-refractivity contribution in [3.8, 4) is 0 Å². The summed E-state index contributed by atoms with van der Waals surface area (Å²) in [6.07, 6.45) is 0.287. The minimum atomic E-state index is -0.566. The maximum absolute atomic E-state index is 12.0. The van der Waals surface area contributed by atoms with E-state index in [1.54, 1.807) is 6.92 Å². The maximum atomic E-state index is 12.0. The van der Waals surface area contributed by atoms with Crippen molar-refractivity contribution in [2.24, 2.45) is 4.99 Å². The van der Waals surface area contributed by atoms with Gasteiger partial charge in [0, 0.05) is 24.1 Å². The summed E-state index contributed by atoms with van der Waals surface area (Å²) in [5, 5.41) is 13.0. The van der Waals surface area contributed by atoms with E-state index in [1.165, 1.54) is 24.3 Å². The van der Waals surface area contributed by atoms with Crippen molar-refractivity contribution < 1.29 is 14.5 Å². The molecule has 0 bridgehead atoms. The number of amidine groups is 1. The molecule has 1 aromatic rings. The first-order chi connectivity index (χ1) is 9.45. The Bertz CT molecular complexity index is 614. The number of amides is 1. The average Bonchev–Trinajstić information content (AvgIpc) is 2.37. The number of hydrogen-bond donors (Lipinski definition) is 1. The van der Waals surface area contributed by atoms with Crippen LogP contribution in [0.25, 0.3) is 0 Å². The van der Waals surface area contributed by atoms with Crippen LogP contribution in [0.2, 0.25) is 0 Å². The number of nitro benzene ring substituents is 1. The van der Waals surface area contributed by atoms with Gasteiger partial charge in [-0.15, -0.1) is 0 Å². The highest BCUT2D eigenvalue weighted by molar-refractivity contribution is 8.26. The van der Waals surface area contributed by atoms with Gasteiger partial charge in [-0.25, -0.2) is 0 Å². The van der Waals surface area contributed by atoms with Gasteiger partial charge in [0.25, 0.3) is 5.69 Å². The molecular weight excluding hydrogens is 282 g/mol. The Hall–Kier alpha value is -2.22. The lowest BCUT2D eigenvalue weighted by Gasteiger charge is -2.16. The number of thioether (sulfide) groups is 1. The van der Waals surface area contributed by atoms with Crippen LogP contribution >= 0.6 is 11.8 Å². The molecule has 0 radical (unpaired) electrons. The number of benzene rings is 1. The van der Waals surface area contributed by atoms with Gasteiger partial charge < -0.3 is 5.32 Å². The summed E-state index contributed by atoms with van der Waals surface area (Å²) in [4.78, 5) is 37.6. The topological polar surface area (TPSA) is 102 Å². The van der Waals surface area contributed by atoms with Crippen LogP contribution in [0.4, 0.5) is 5.69 Å². The van der Waals surface area contributed by atoms with Gasteiger partial charge in [0.05, 0.1) is 11.0 Å². The number of nitrogens with one attached hydrogen (secondary N) is 1. The number of carbonyl (C=O) groups is 2. The standard InChI is InChI=1S/C12H11N3O4S/c1-7-5-10(16)14-12(13-7)20-11(17)8-3-2-4-9(6-8)15(18)19/h2-4,6-7H,5H2,1H3,(H,13,14,16)/t7-/m0/s1. The molecule has 0 aliphatic carbocycles. The largest absolute Gasteiger partial charge is 0.305 e. The number of hydrogen-bond acceptors (Lipinski definition) is 6. The van der Waals surface area contributed by atoms with Gasteiger partial charge in [-0.05, 0) is 24.8 Å². The number of carbonyl (C=O) groups excluding carboxylic acids is 2. The Morgan fingerprint density at radius 3 is 2.95 bits per heavy atom. The Labute approximate surface area is 118 Å². The third-order valence-corrected chi connectivity index (χ3v) is 3.37. The Morgan fingerprint density at radius 1 is 1.55 bits per heavy atom. The van der Waals surface area contributed by atoms with Crippen LogP contribution < -0.4 is 5.32 Å². The normalized spacial score (nSPS) is 18.1. The fourth-order valence-corrected chi connectivity index (χ4v) is 2.48. The molecule has 8 heteroatoms. The minimum absolute atomic E-state index is 0.153. The van der Waals surface area contributed by atoms with Gasteiger partial charge in [0.2, 0.25) is 11.0 Å². The van der Waals surface area contributed by atoms with Crippen LogP contribution in [0.3, 0.4) is 0 Å². The second-order valence-corrected chi connectivity index (χ2v) is 5.19. The number of non-ortho nitro benzene ring substituents is 1. The van der Waals surface area contributed by atoms with Crippen molar-refractivity contribution in [2.75, 3.05) is 0 Å². The quantitative estimate of drug-likeness (QED) is 0.661. The van der Waals surface area contributed by atoms with Crippen molar-refractivity contribution in [2.45, 2.75) is 19.4 Å². The van der Waals surface area contributed by atoms with Crippen LogP contribution in [0.5, 0.6) is 0 Å². The van der Waals surface area contributed by atoms with Gasteiger partial charge in [0.15, 0.2) is 5.17 Å². The van der Waals surface area contributed by atoms with Gasteiger partial charge in [-0.1, -0.05) is 6.07 Å². The lowest BCUT2D eigenvalue weighted by Crippen LogP contribution is -2.36. The van der Waals surface area contributed by atoms with E-state index >= 15 is 0 Å². The number of nitro groups is 1. The Balaban J connectivity index is 2.14. The highest BCUT2D eigenvalue weighted by Gasteiger charge is 2.21. The first kappa shape index (κ1) is 14.2. The van der Waals surface area contributed by atoms with Crippen LogP contribution in [-0.4, -0.2) is 27.2 Å². The molecule has 0 fully saturated rings. The third kappa shape index (κ3) is 3.41. The predicted octanol–water partition coefficient (Wildman–Crippen LogP) is 1.73. The summed E-state index contributed by atoms with van der Waals surface area (Å²) in [6.45, 7) is 1.77. The SMILES string of the molecule is C[C@H]1CC(=O)NC(SC(=O)c2cccc([N+](=O)[O-])c2)=N1. The lowest BCUT2D eigenvalue weighted by atomic mass is 10.2. The predicted molar refractivity (Wildman–Crippen MR) is 74.7 cm³/mol. The molecule has 1 amide bonds. The molecule has 104 valence electrons. The molecule has 0 saturated heterocycles. The molecule has 1 N–H and O–H groups in total. The summed E-state index contributed by atoms with van der Waals surface area (Å²) in [7, 11) is 0. The maximum Gasteiger partial charge on any atom is 0.270 e. The Morgan fingerprint density at radius 2 is 2.30 bits per heavy atom. The van der Waals surface area contributed by atoms with Crippen molar-refractivity contribution in [1.82, 2.24) is 5.32 Å². The smallest absolute Gasteiger partial charge is 0.270 e. The highest BCUT2D eigenvalue weighted by Crippen LogP contribution is 2.20. The van der Waals surface area contributed by atoms with Crippen LogP contribution in [0, 0.1) is 10.1 Å². The number of nitrogens with zero attached hydrogens (tertiary/aromatic N) is 2. The van der Waals surface area contributed by atoms with E-state index in [0.717, 1.165) is 11.8 Å². The molecule has 1 aliphatic rings. The summed E-state index contributed by atoms with van der Waals surface area (Å²) < 4.78 is 0. The zero-order valence-corrected chi connectivity index (χ0v) is 11.3. The Kier molecular flexibility index (Phi) is 4.14. The van der Waals surface area contributed by atoms with Crippen molar-refractivity contribution in [3.63, 3.8) is 0 Å². The molecule has 1 aliphatic heterocycles. The molecule has 1 aromatic carbocycles. The van der Waals surface area contributed by atoms with Crippen molar-refractivity contribution in [3.05, 3.63) is 39.9 Å².